The number of nitrogens with one attached hydrogen (secondary N) is 2. The van der Waals surface area contributed by atoms with Crippen molar-refractivity contribution < 1.29 is 4.42 Å². The predicted octanol–water partition coefficient (Wildman–Crippen LogP) is -0.0743. The summed E-state index contributed by atoms with van der Waals surface area (Å²) < 4.78 is 4.93. The highest BCUT2D eigenvalue weighted by Crippen LogP contribution is 2.22. The molecule has 84 valence electrons. The Balaban J connectivity index is 2.11. The van der Waals surface area contributed by atoms with E-state index in [2.05, 4.69) is 20.2 Å². The van der Waals surface area contributed by atoms with Crippen molar-refractivity contribution in [1.82, 2.24) is 15.3 Å². The molecule has 0 aliphatic carbocycles. The van der Waals surface area contributed by atoms with Crippen molar-refractivity contribution in [3.63, 3.8) is 0 Å². The average Bonchev–Trinajstić information content (AvgIpc) is 2.70. The summed E-state index contributed by atoms with van der Waals surface area (Å²) in [7, 11) is 0. The van der Waals surface area contributed by atoms with Crippen LogP contribution in [0, 0.1) is 0 Å². The minimum Gasteiger partial charge on any atom is -0.389 e. The van der Waals surface area contributed by atoms with Gasteiger partial charge in [-0.15, -0.1) is 0 Å². The van der Waals surface area contributed by atoms with E-state index in [9.17, 15) is 4.79 Å². The highest BCUT2D eigenvalue weighted by molar-refractivity contribution is 5.84. The van der Waals surface area contributed by atoms with Gasteiger partial charge in [-0.2, -0.15) is 0 Å². The molecule has 6 heteroatoms. The average molecular weight is 220 g/mol. The maximum Gasteiger partial charge on any atom is 0.418 e. The normalized spacial score (nSPS) is 16.9. The number of aromatic amines is 1. The van der Waals surface area contributed by atoms with Crippen molar-refractivity contribution in [3.05, 3.63) is 22.8 Å². The molecule has 2 N–H and O–H groups in total. The first-order valence-electron chi connectivity index (χ1n) is 5.28. The summed E-state index contributed by atoms with van der Waals surface area (Å²) in [5.41, 5.74) is 2.05. The highest BCUT2D eigenvalue weighted by Gasteiger charge is 2.15. The quantitative estimate of drug-likeness (QED) is 0.703. The fraction of sp³-hybridized carbons (Fsp3) is 0.400. The molecule has 1 fully saturated rings. The van der Waals surface area contributed by atoms with E-state index in [0.717, 1.165) is 31.9 Å². The van der Waals surface area contributed by atoms with Gasteiger partial charge in [0.05, 0.1) is 5.69 Å². The third-order valence-corrected chi connectivity index (χ3v) is 2.77. The zero-order valence-electron chi connectivity index (χ0n) is 8.69. The Hall–Kier alpha value is -1.82. The van der Waals surface area contributed by atoms with Crippen molar-refractivity contribution in [1.29, 1.82) is 0 Å². The molecule has 1 saturated heterocycles. The Morgan fingerprint density at radius 1 is 1.38 bits per heavy atom. The number of aromatic nitrogens is 2. The van der Waals surface area contributed by atoms with E-state index in [1.54, 1.807) is 6.20 Å². The Kier molecular flexibility index (Phi) is 2.14. The highest BCUT2D eigenvalue weighted by atomic mass is 16.4. The molecule has 0 spiro atoms. The zero-order valence-corrected chi connectivity index (χ0v) is 8.69. The van der Waals surface area contributed by atoms with Gasteiger partial charge < -0.3 is 14.6 Å². The Bertz CT molecular complexity index is 553. The molecule has 0 bridgehead atoms. The van der Waals surface area contributed by atoms with E-state index in [0.29, 0.717) is 11.2 Å². The lowest BCUT2D eigenvalue weighted by atomic mass is 10.3. The number of H-pyrrole nitrogens is 1. The Morgan fingerprint density at radius 2 is 2.19 bits per heavy atom. The van der Waals surface area contributed by atoms with Crippen LogP contribution in [-0.4, -0.2) is 36.1 Å². The monoisotopic (exact) mass is 220 g/mol. The van der Waals surface area contributed by atoms with E-state index in [1.807, 2.05) is 6.07 Å². The minimum absolute atomic E-state index is 0.376. The summed E-state index contributed by atoms with van der Waals surface area (Å²) in [4.78, 5) is 20.0. The maximum atomic E-state index is 11.1. The number of rotatable bonds is 1. The number of piperazine rings is 1. The zero-order chi connectivity index (χ0) is 11.0. The van der Waals surface area contributed by atoms with E-state index in [-0.39, 0.29) is 0 Å². The molecule has 0 aromatic carbocycles. The fourth-order valence-electron chi connectivity index (χ4n) is 2.01. The summed E-state index contributed by atoms with van der Waals surface area (Å²) in [6.07, 6.45) is 1.66. The smallest absolute Gasteiger partial charge is 0.389 e. The standard InChI is InChI=1S/C10H12N4O2/c15-10-13-8-7(1-2-12-9(8)16-10)14-5-3-11-4-6-14/h1-2,11H,3-6H2,(H,13,15). The molecule has 2 aromatic heterocycles. The molecule has 2 aromatic rings. The van der Waals surface area contributed by atoms with Crippen LogP contribution in [0.25, 0.3) is 11.2 Å². The number of hydrogen-bond acceptors (Lipinski definition) is 5. The van der Waals surface area contributed by atoms with Crippen LogP contribution in [0.2, 0.25) is 0 Å². The van der Waals surface area contributed by atoms with E-state index in [4.69, 9.17) is 4.42 Å². The second-order valence-corrected chi connectivity index (χ2v) is 3.76. The van der Waals surface area contributed by atoms with Gasteiger partial charge in [-0.05, 0) is 6.07 Å². The fourth-order valence-corrected chi connectivity index (χ4v) is 2.01. The van der Waals surface area contributed by atoms with Crippen LogP contribution in [0.5, 0.6) is 0 Å². The Labute approximate surface area is 91.3 Å². The number of oxazole rings is 1. The van der Waals surface area contributed by atoms with E-state index < -0.39 is 5.76 Å². The molecule has 1 aliphatic heterocycles. The largest absolute Gasteiger partial charge is 0.418 e. The number of hydrogen-bond donors (Lipinski definition) is 2. The van der Waals surface area contributed by atoms with Crippen molar-refractivity contribution in [2.75, 3.05) is 31.1 Å². The van der Waals surface area contributed by atoms with Crippen LogP contribution in [0.15, 0.2) is 21.5 Å². The van der Waals surface area contributed by atoms with Gasteiger partial charge in [0.15, 0.2) is 0 Å². The van der Waals surface area contributed by atoms with Gasteiger partial charge in [0.1, 0.15) is 5.52 Å². The summed E-state index contributed by atoms with van der Waals surface area (Å²) in [5.74, 6) is -0.454. The minimum atomic E-state index is -0.454. The van der Waals surface area contributed by atoms with Gasteiger partial charge in [-0.3, -0.25) is 4.98 Å². The van der Waals surface area contributed by atoms with Crippen LogP contribution in [0.3, 0.4) is 0 Å². The summed E-state index contributed by atoms with van der Waals surface area (Å²) in [5, 5.41) is 3.29. The third kappa shape index (κ3) is 1.47. The lowest BCUT2D eigenvalue weighted by Crippen LogP contribution is -2.43. The molecule has 0 radical (unpaired) electrons. The molecule has 16 heavy (non-hydrogen) atoms. The van der Waals surface area contributed by atoms with Gasteiger partial charge in [0.2, 0.25) is 0 Å². The van der Waals surface area contributed by atoms with Crippen LogP contribution in [0.1, 0.15) is 0 Å². The van der Waals surface area contributed by atoms with Gasteiger partial charge >= 0.3 is 5.76 Å². The SMILES string of the molecule is O=c1[nH]c2c(N3CCNCC3)ccnc2o1. The molecular formula is C10H12N4O2. The predicted molar refractivity (Wildman–Crippen MR) is 59.7 cm³/mol. The maximum absolute atomic E-state index is 11.1. The molecule has 0 saturated carbocycles. The third-order valence-electron chi connectivity index (χ3n) is 2.77. The molecule has 0 amide bonds. The van der Waals surface area contributed by atoms with Crippen molar-refractivity contribution in [3.8, 4) is 0 Å². The van der Waals surface area contributed by atoms with Crippen molar-refractivity contribution >= 4 is 16.9 Å². The molecule has 3 heterocycles. The van der Waals surface area contributed by atoms with Crippen LogP contribution < -0.4 is 16.0 Å². The molecular weight excluding hydrogens is 208 g/mol. The van der Waals surface area contributed by atoms with E-state index >= 15 is 0 Å². The lowest BCUT2D eigenvalue weighted by Gasteiger charge is -2.29. The second-order valence-electron chi connectivity index (χ2n) is 3.76. The molecule has 3 rings (SSSR count). The molecule has 0 atom stereocenters. The summed E-state index contributed by atoms with van der Waals surface area (Å²) >= 11 is 0. The first-order chi connectivity index (χ1) is 7.84. The van der Waals surface area contributed by atoms with Gasteiger partial charge in [-0.1, -0.05) is 0 Å². The van der Waals surface area contributed by atoms with Gasteiger partial charge in [-0.25, -0.2) is 9.78 Å². The van der Waals surface area contributed by atoms with Crippen molar-refractivity contribution in [2.24, 2.45) is 0 Å². The van der Waals surface area contributed by atoms with E-state index in [1.165, 1.54) is 0 Å². The van der Waals surface area contributed by atoms with Crippen LogP contribution in [-0.2, 0) is 0 Å². The second kappa shape index (κ2) is 3.64. The summed E-state index contributed by atoms with van der Waals surface area (Å²) in [6, 6.07) is 1.90. The van der Waals surface area contributed by atoms with Crippen LogP contribution >= 0.6 is 0 Å². The number of pyridine rings is 1. The van der Waals surface area contributed by atoms with Gasteiger partial charge in [0, 0.05) is 32.4 Å². The molecule has 0 unspecified atom stereocenters. The molecule has 6 nitrogen and oxygen atoms in total. The topological polar surface area (TPSA) is 74.2 Å². The number of anilines is 1. The van der Waals surface area contributed by atoms with Gasteiger partial charge in [0.25, 0.3) is 5.71 Å². The Morgan fingerprint density at radius 3 is 3.00 bits per heavy atom. The molecule has 1 aliphatic rings. The lowest BCUT2D eigenvalue weighted by molar-refractivity contribution is 0.545. The summed E-state index contributed by atoms with van der Waals surface area (Å²) in [6.45, 7) is 3.75. The van der Waals surface area contributed by atoms with Crippen molar-refractivity contribution in [2.45, 2.75) is 0 Å². The number of nitrogens with zero attached hydrogens (tertiary/aromatic N) is 2. The first-order valence-corrected chi connectivity index (χ1v) is 5.28. The van der Waals surface area contributed by atoms with Crippen LogP contribution in [0.4, 0.5) is 5.69 Å². The number of fused-ring (bicyclic) bond motifs is 1. The first kappa shape index (κ1) is 9.41.